The Hall–Kier alpha value is -2.05. The largest absolute Gasteiger partial charge is 0.416 e. The average molecular weight is 330 g/mol. The summed E-state index contributed by atoms with van der Waals surface area (Å²) in [6.07, 6.45) is -4.27. The second-order valence-electron chi connectivity index (χ2n) is 5.97. The van der Waals surface area contributed by atoms with Crippen molar-refractivity contribution < 1.29 is 22.8 Å². The number of hydrogen-bond acceptors (Lipinski definition) is 2. The smallest absolute Gasteiger partial charge is 0.356 e. The summed E-state index contributed by atoms with van der Waals surface area (Å²) < 4.78 is 38.3. The lowest BCUT2D eigenvalue weighted by atomic mass is 9.83. The van der Waals surface area contributed by atoms with Crippen molar-refractivity contribution in [2.75, 3.05) is 13.1 Å². The quantitative estimate of drug-likeness (QED) is 0.842. The van der Waals surface area contributed by atoms with Gasteiger partial charge in [0, 0.05) is 31.8 Å². The molecule has 1 aromatic carbocycles. The van der Waals surface area contributed by atoms with Gasteiger partial charge < -0.3 is 10.6 Å². The Morgan fingerprint density at radius 1 is 1.09 bits per heavy atom. The SMILES string of the molecule is CC(=O)NCCC(=O)NCC(C)(C)c1cccc(C(F)(F)F)c1. The van der Waals surface area contributed by atoms with Gasteiger partial charge in [-0.25, -0.2) is 0 Å². The molecule has 0 aromatic heterocycles. The topological polar surface area (TPSA) is 58.2 Å². The summed E-state index contributed by atoms with van der Waals surface area (Å²) >= 11 is 0. The minimum absolute atomic E-state index is 0.123. The van der Waals surface area contributed by atoms with Crippen LogP contribution in [0.25, 0.3) is 0 Å². The predicted octanol–water partition coefficient (Wildman–Crippen LogP) is 2.63. The van der Waals surface area contributed by atoms with Crippen molar-refractivity contribution in [3.63, 3.8) is 0 Å². The van der Waals surface area contributed by atoms with Crippen LogP contribution in [0.1, 0.15) is 38.3 Å². The van der Waals surface area contributed by atoms with Gasteiger partial charge in [0.05, 0.1) is 5.56 Å². The Morgan fingerprint density at radius 3 is 2.26 bits per heavy atom. The van der Waals surface area contributed by atoms with Gasteiger partial charge in [-0.3, -0.25) is 9.59 Å². The molecule has 0 aliphatic carbocycles. The minimum Gasteiger partial charge on any atom is -0.356 e. The summed E-state index contributed by atoms with van der Waals surface area (Å²) in [5.74, 6) is -0.485. The highest BCUT2D eigenvalue weighted by Gasteiger charge is 2.32. The molecule has 0 radical (unpaired) electrons. The Kier molecular flexibility index (Phi) is 6.18. The van der Waals surface area contributed by atoms with Crippen LogP contribution in [0.15, 0.2) is 24.3 Å². The highest BCUT2D eigenvalue weighted by molar-refractivity contribution is 5.77. The molecule has 23 heavy (non-hydrogen) atoms. The van der Waals surface area contributed by atoms with Crippen LogP contribution >= 0.6 is 0 Å². The molecule has 1 aromatic rings. The van der Waals surface area contributed by atoms with Crippen molar-refractivity contribution in [3.8, 4) is 0 Å². The van der Waals surface area contributed by atoms with Crippen molar-refractivity contribution in [1.29, 1.82) is 0 Å². The van der Waals surface area contributed by atoms with E-state index in [4.69, 9.17) is 0 Å². The lowest BCUT2D eigenvalue weighted by Gasteiger charge is -2.26. The van der Waals surface area contributed by atoms with E-state index < -0.39 is 17.2 Å². The zero-order chi connectivity index (χ0) is 17.7. The van der Waals surface area contributed by atoms with Gasteiger partial charge in [-0.05, 0) is 11.6 Å². The first-order valence-electron chi connectivity index (χ1n) is 7.21. The number of carbonyl (C=O) groups is 2. The van der Waals surface area contributed by atoms with Crippen LogP contribution in [-0.4, -0.2) is 24.9 Å². The fourth-order valence-corrected chi connectivity index (χ4v) is 1.98. The van der Waals surface area contributed by atoms with E-state index >= 15 is 0 Å². The number of alkyl halides is 3. The standard InChI is InChI=1S/C16H21F3N2O2/c1-11(22)20-8-7-14(23)21-10-15(2,3)12-5-4-6-13(9-12)16(17,18)19/h4-6,9H,7-8,10H2,1-3H3,(H,20,22)(H,21,23). The average Bonchev–Trinajstić information content (AvgIpc) is 2.44. The zero-order valence-corrected chi connectivity index (χ0v) is 13.4. The van der Waals surface area contributed by atoms with E-state index in [1.165, 1.54) is 13.0 Å². The number of carbonyl (C=O) groups excluding carboxylic acids is 2. The van der Waals surface area contributed by atoms with Gasteiger partial charge in [0.15, 0.2) is 0 Å². The van der Waals surface area contributed by atoms with Crippen LogP contribution in [-0.2, 0) is 21.2 Å². The van der Waals surface area contributed by atoms with Crippen LogP contribution in [0.3, 0.4) is 0 Å². The van der Waals surface area contributed by atoms with Crippen molar-refractivity contribution in [3.05, 3.63) is 35.4 Å². The summed E-state index contributed by atoms with van der Waals surface area (Å²) in [5, 5.41) is 5.19. The van der Waals surface area contributed by atoms with E-state index in [2.05, 4.69) is 10.6 Å². The third-order valence-electron chi connectivity index (χ3n) is 3.42. The molecular weight excluding hydrogens is 309 g/mol. The molecule has 0 unspecified atom stereocenters. The lowest BCUT2D eigenvalue weighted by molar-refractivity contribution is -0.137. The number of benzene rings is 1. The van der Waals surface area contributed by atoms with E-state index in [1.807, 2.05) is 0 Å². The van der Waals surface area contributed by atoms with E-state index in [1.54, 1.807) is 19.9 Å². The number of nitrogens with one attached hydrogen (secondary N) is 2. The van der Waals surface area contributed by atoms with Crippen molar-refractivity contribution in [2.24, 2.45) is 0 Å². The van der Waals surface area contributed by atoms with Crippen molar-refractivity contribution in [2.45, 2.75) is 38.8 Å². The molecule has 4 nitrogen and oxygen atoms in total. The maximum Gasteiger partial charge on any atom is 0.416 e. The fraction of sp³-hybridized carbons (Fsp3) is 0.500. The first-order valence-corrected chi connectivity index (χ1v) is 7.21. The minimum atomic E-state index is -4.40. The van der Waals surface area contributed by atoms with E-state index in [9.17, 15) is 22.8 Å². The molecule has 0 atom stereocenters. The molecule has 7 heteroatoms. The van der Waals surface area contributed by atoms with E-state index in [0.717, 1.165) is 12.1 Å². The molecule has 0 heterocycles. The highest BCUT2D eigenvalue weighted by Crippen LogP contribution is 2.32. The fourth-order valence-electron chi connectivity index (χ4n) is 1.98. The summed E-state index contributed by atoms with van der Waals surface area (Å²) in [5.41, 5.74) is -0.861. The van der Waals surface area contributed by atoms with Crippen LogP contribution < -0.4 is 10.6 Å². The summed E-state index contributed by atoms with van der Waals surface area (Å²) in [6.45, 7) is 5.31. The monoisotopic (exact) mass is 330 g/mol. The zero-order valence-electron chi connectivity index (χ0n) is 13.4. The molecule has 0 bridgehead atoms. The summed E-state index contributed by atoms with van der Waals surface area (Å²) in [4.78, 5) is 22.4. The van der Waals surface area contributed by atoms with E-state index in [0.29, 0.717) is 5.56 Å². The molecule has 0 aliphatic heterocycles. The molecule has 0 saturated heterocycles. The van der Waals surface area contributed by atoms with Crippen LogP contribution in [0.5, 0.6) is 0 Å². The van der Waals surface area contributed by atoms with Crippen LogP contribution in [0.2, 0.25) is 0 Å². The van der Waals surface area contributed by atoms with Gasteiger partial charge in [-0.1, -0.05) is 32.0 Å². The van der Waals surface area contributed by atoms with E-state index in [-0.39, 0.29) is 31.3 Å². The third kappa shape index (κ3) is 6.30. The Labute approximate surface area is 133 Å². The molecule has 0 saturated carbocycles. The van der Waals surface area contributed by atoms with Gasteiger partial charge in [-0.15, -0.1) is 0 Å². The molecule has 0 fully saturated rings. The second-order valence-corrected chi connectivity index (χ2v) is 5.97. The summed E-state index contributed by atoms with van der Waals surface area (Å²) in [6, 6.07) is 5.09. The summed E-state index contributed by atoms with van der Waals surface area (Å²) in [7, 11) is 0. The number of hydrogen-bond donors (Lipinski definition) is 2. The first kappa shape index (κ1) is 19.0. The van der Waals surface area contributed by atoms with Gasteiger partial charge in [0.25, 0.3) is 0 Å². The van der Waals surface area contributed by atoms with Gasteiger partial charge in [0.1, 0.15) is 0 Å². The molecule has 1 rings (SSSR count). The molecule has 2 N–H and O–H groups in total. The normalized spacial score (nSPS) is 11.9. The van der Waals surface area contributed by atoms with Crippen molar-refractivity contribution >= 4 is 11.8 Å². The van der Waals surface area contributed by atoms with Gasteiger partial charge >= 0.3 is 6.18 Å². The second kappa shape index (κ2) is 7.48. The van der Waals surface area contributed by atoms with Crippen LogP contribution in [0.4, 0.5) is 13.2 Å². The Bertz CT molecular complexity index is 569. The number of amides is 2. The predicted molar refractivity (Wildman–Crippen MR) is 80.8 cm³/mol. The molecular formula is C16H21F3N2O2. The number of rotatable bonds is 6. The Balaban J connectivity index is 2.65. The maximum absolute atomic E-state index is 12.8. The number of halogens is 3. The maximum atomic E-state index is 12.8. The molecule has 2 amide bonds. The molecule has 0 aliphatic rings. The van der Waals surface area contributed by atoms with Gasteiger partial charge in [0.2, 0.25) is 11.8 Å². The highest BCUT2D eigenvalue weighted by atomic mass is 19.4. The molecule has 128 valence electrons. The molecule has 0 spiro atoms. The van der Waals surface area contributed by atoms with Crippen LogP contribution in [0, 0.1) is 0 Å². The van der Waals surface area contributed by atoms with Gasteiger partial charge in [-0.2, -0.15) is 13.2 Å². The Morgan fingerprint density at radius 2 is 1.70 bits per heavy atom. The first-order chi connectivity index (χ1) is 10.5. The van der Waals surface area contributed by atoms with Crippen molar-refractivity contribution in [1.82, 2.24) is 10.6 Å². The lowest BCUT2D eigenvalue weighted by Crippen LogP contribution is -2.38. The third-order valence-corrected chi connectivity index (χ3v) is 3.42.